The summed E-state index contributed by atoms with van der Waals surface area (Å²) in [4.78, 5) is 23.4. The van der Waals surface area contributed by atoms with Crippen molar-refractivity contribution in [3.05, 3.63) is 0 Å². The highest BCUT2D eigenvalue weighted by atomic mass is 16.5. The molecule has 0 aromatic carbocycles. The molecule has 17 heavy (non-hydrogen) atoms. The minimum Gasteiger partial charge on any atom is -0.467 e. The molecule has 1 heterocycles. The Hall–Kier alpha value is -1.10. The van der Waals surface area contributed by atoms with Gasteiger partial charge in [-0.3, -0.25) is 4.79 Å². The Balaban J connectivity index is 1.86. The summed E-state index contributed by atoms with van der Waals surface area (Å²) >= 11 is 0. The maximum absolute atomic E-state index is 11.8. The molecule has 0 bridgehead atoms. The molecule has 2 rings (SSSR count). The Kier molecular flexibility index (Phi) is 3.99. The number of hydrogen-bond donors (Lipinski definition) is 1. The average Bonchev–Trinajstić information content (AvgIpc) is 2.97. The summed E-state index contributed by atoms with van der Waals surface area (Å²) in [7, 11) is 1.35. The van der Waals surface area contributed by atoms with Crippen LogP contribution in [0.25, 0.3) is 0 Å². The van der Waals surface area contributed by atoms with E-state index in [1.54, 1.807) is 0 Å². The van der Waals surface area contributed by atoms with Crippen molar-refractivity contribution in [2.45, 2.75) is 44.2 Å². The number of carbonyl (C=O) groups excluding carboxylic acids is 2. The molecule has 0 unspecified atom stereocenters. The Bertz CT molecular complexity index is 295. The summed E-state index contributed by atoms with van der Waals surface area (Å²) in [5.41, 5.74) is 0. The number of nitrogens with one attached hydrogen (secondary N) is 1. The van der Waals surface area contributed by atoms with Gasteiger partial charge in [0, 0.05) is 6.61 Å². The number of hydrogen-bond acceptors (Lipinski definition) is 4. The number of esters is 1. The largest absolute Gasteiger partial charge is 0.467 e. The van der Waals surface area contributed by atoms with Crippen molar-refractivity contribution >= 4 is 11.9 Å². The van der Waals surface area contributed by atoms with Crippen LogP contribution in [0.2, 0.25) is 0 Å². The zero-order valence-electron chi connectivity index (χ0n) is 10.1. The third kappa shape index (κ3) is 3.43. The summed E-state index contributed by atoms with van der Waals surface area (Å²) in [6.45, 7) is 0.629. The van der Waals surface area contributed by atoms with Crippen LogP contribution in [0.4, 0.5) is 0 Å². The van der Waals surface area contributed by atoms with Gasteiger partial charge in [0.2, 0.25) is 5.91 Å². The Morgan fingerprint density at radius 1 is 1.41 bits per heavy atom. The van der Waals surface area contributed by atoms with Crippen molar-refractivity contribution < 1.29 is 19.1 Å². The molecule has 2 aliphatic rings. The lowest BCUT2D eigenvalue weighted by Crippen LogP contribution is -2.46. The summed E-state index contributed by atoms with van der Waals surface area (Å²) in [6.07, 6.45) is 4.23. The summed E-state index contributed by atoms with van der Waals surface area (Å²) in [5.74, 6) is 0.0192. The molecule has 1 aliphatic heterocycles. The lowest BCUT2D eigenvalue weighted by atomic mass is 10.1. The molecular formula is C12H19NO4. The van der Waals surface area contributed by atoms with E-state index in [0.717, 1.165) is 25.7 Å². The SMILES string of the molecule is COC(=O)[C@@H](CC1CC1)NC(=O)[C@H]1CCCO1. The monoisotopic (exact) mass is 241 g/mol. The van der Waals surface area contributed by atoms with Crippen LogP contribution in [0.1, 0.15) is 32.1 Å². The van der Waals surface area contributed by atoms with Crippen LogP contribution < -0.4 is 5.32 Å². The van der Waals surface area contributed by atoms with Crippen LogP contribution in [0.15, 0.2) is 0 Å². The first kappa shape index (κ1) is 12.4. The number of ether oxygens (including phenoxy) is 2. The second-order valence-corrected chi connectivity index (χ2v) is 4.77. The Labute approximate surface area is 101 Å². The number of rotatable bonds is 5. The quantitative estimate of drug-likeness (QED) is 0.717. The second kappa shape index (κ2) is 5.49. The van der Waals surface area contributed by atoms with E-state index in [1.165, 1.54) is 7.11 Å². The molecule has 1 aliphatic carbocycles. The van der Waals surface area contributed by atoms with Gasteiger partial charge in [-0.15, -0.1) is 0 Å². The van der Waals surface area contributed by atoms with Gasteiger partial charge < -0.3 is 14.8 Å². The lowest BCUT2D eigenvalue weighted by molar-refractivity contribution is -0.146. The third-order valence-electron chi connectivity index (χ3n) is 3.29. The van der Waals surface area contributed by atoms with Gasteiger partial charge in [-0.05, 0) is 25.2 Å². The summed E-state index contributed by atoms with van der Waals surface area (Å²) < 4.78 is 10.00. The Morgan fingerprint density at radius 2 is 2.18 bits per heavy atom. The first-order valence-electron chi connectivity index (χ1n) is 6.20. The van der Waals surface area contributed by atoms with Crippen LogP contribution in [0, 0.1) is 5.92 Å². The highest BCUT2D eigenvalue weighted by Crippen LogP contribution is 2.33. The van der Waals surface area contributed by atoms with Crippen LogP contribution >= 0.6 is 0 Å². The molecule has 2 fully saturated rings. The van der Waals surface area contributed by atoms with Crippen molar-refractivity contribution in [2.24, 2.45) is 5.92 Å². The van der Waals surface area contributed by atoms with Crippen molar-refractivity contribution in [3.8, 4) is 0 Å². The highest BCUT2D eigenvalue weighted by Gasteiger charge is 2.33. The van der Waals surface area contributed by atoms with Gasteiger partial charge in [-0.2, -0.15) is 0 Å². The highest BCUT2D eigenvalue weighted by molar-refractivity contribution is 5.87. The van der Waals surface area contributed by atoms with Gasteiger partial charge in [-0.1, -0.05) is 12.8 Å². The van der Waals surface area contributed by atoms with Gasteiger partial charge in [0.25, 0.3) is 0 Å². The maximum Gasteiger partial charge on any atom is 0.328 e. The molecule has 1 amide bonds. The van der Waals surface area contributed by atoms with Gasteiger partial charge in [0.15, 0.2) is 0 Å². The molecule has 0 spiro atoms. The molecule has 0 aromatic rings. The molecule has 1 saturated carbocycles. The van der Waals surface area contributed by atoms with Crippen molar-refractivity contribution in [1.82, 2.24) is 5.32 Å². The fourth-order valence-corrected chi connectivity index (χ4v) is 2.09. The standard InChI is InChI=1S/C12H19NO4/c1-16-12(15)9(7-8-4-5-8)13-11(14)10-3-2-6-17-10/h8-10H,2-7H2,1H3,(H,13,14)/t9-,10-/m1/s1. The molecule has 2 atom stereocenters. The van der Waals surface area contributed by atoms with E-state index >= 15 is 0 Å². The van der Waals surface area contributed by atoms with E-state index in [0.29, 0.717) is 18.9 Å². The van der Waals surface area contributed by atoms with Crippen molar-refractivity contribution in [3.63, 3.8) is 0 Å². The Morgan fingerprint density at radius 3 is 2.71 bits per heavy atom. The van der Waals surface area contributed by atoms with Crippen LogP contribution in [0.3, 0.4) is 0 Å². The first-order chi connectivity index (χ1) is 8.20. The normalized spacial score (nSPS) is 25.4. The minimum absolute atomic E-state index is 0.182. The molecule has 5 nitrogen and oxygen atoms in total. The van der Waals surface area contributed by atoms with Crippen molar-refractivity contribution in [2.75, 3.05) is 13.7 Å². The van der Waals surface area contributed by atoms with Gasteiger partial charge in [0.05, 0.1) is 7.11 Å². The van der Waals surface area contributed by atoms with E-state index in [-0.39, 0.29) is 18.0 Å². The number of amides is 1. The topological polar surface area (TPSA) is 64.6 Å². The van der Waals surface area contributed by atoms with Gasteiger partial charge in [-0.25, -0.2) is 4.79 Å². The van der Waals surface area contributed by atoms with E-state index in [2.05, 4.69) is 5.32 Å². The second-order valence-electron chi connectivity index (χ2n) is 4.77. The zero-order valence-corrected chi connectivity index (χ0v) is 10.1. The fourth-order valence-electron chi connectivity index (χ4n) is 2.09. The fraction of sp³-hybridized carbons (Fsp3) is 0.833. The maximum atomic E-state index is 11.8. The third-order valence-corrected chi connectivity index (χ3v) is 3.29. The van der Waals surface area contributed by atoms with Crippen LogP contribution in [0.5, 0.6) is 0 Å². The zero-order chi connectivity index (χ0) is 12.3. The summed E-state index contributed by atoms with van der Waals surface area (Å²) in [6, 6.07) is -0.510. The molecule has 0 radical (unpaired) electrons. The van der Waals surface area contributed by atoms with E-state index in [9.17, 15) is 9.59 Å². The van der Waals surface area contributed by atoms with E-state index in [4.69, 9.17) is 9.47 Å². The predicted molar refractivity (Wildman–Crippen MR) is 60.3 cm³/mol. The molecule has 96 valence electrons. The molecule has 1 saturated heterocycles. The van der Waals surface area contributed by atoms with E-state index < -0.39 is 6.04 Å². The lowest BCUT2D eigenvalue weighted by Gasteiger charge is -2.18. The van der Waals surface area contributed by atoms with Gasteiger partial charge >= 0.3 is 5.97 Å². The average molecular weight is 241 g/mol. The molecular weight excluding hydrogens is 222 g/mol. The summed E-state index contributed by atoms with van der Waals surface area (Å²) in [5, 5.41) is 2.74. The molecule has 5 heteroatoms. The molecule has 0 aromatic heterocycles. The predicted octanol–water partition coefficient (Wildman–Crippen LogP) is 0.623. The first-order valence-corrected chi connectivity index (χ1v) is 6.20. The number of methoxy groups -OCH3 is 1. The van der Waals surface area contributed by atoms with Crippen LogP contribution in [-0.4, -0.2) is 37.7 Å². The van der Waals surface area contributed by atoms with Crippen LogP contribution in [-0.2, 0) is 19.1 Å². The number of carbonyl (C=O) groups is 2. The minimum atomic E-state index is -0.510. The van der Waals surface area contributed by atoms with Crippen molar-refractivity contribution in [1.29, 1.82) is 0 Å². The van der Waals surface area contributed by atoms with Gasteiger partial charge in [0.1, 0.15) is 12.1 Å². The smallest absolute Gasteiger partial charge is 0.328 e. The molecule has 1 N–H and O–H groups in total. The van der Waals surface area contributed by atoms with E-state index in [1.807, 2.05) is 0 Å².